The molecule has 0 bridgehead atoms. The summed E-state index contributed by atoms with van der Waals surface area (Å²) in [6.45, 7) is 0. The average Bonchev–Trinajstić information content (AvgIpc) is 3.73. The third kappa shape index (κ3) is 5.03. The Hall–Kier alpha value is -4.26. The van der Waals surface area contributed by atoms with Gasteiger partial charge >= 0.3 is 0 Å². The standard InChI is InChI=1S/C30H26FNO5/c1-35-26-17-23-24(18-27(26)36-2)32-14-11-25(23)37-22-9-5-20(6-10-22)16-29(34)30(12-13-30)28(33)15-19-3-7-21(31)8-4-19/h3-11,14,17-18H,12-13,15-16H2,1-2H3. The molecule has 1 heterocycles. The van der Waals surface area contributed by atoms with Gasteiger partial charge in [0, 0.05) is 30.5 Å². The van der Waals surface area contributed by atoms with Gasteiger partial charge in [0.1, 0.15) is 17.3 Å². The number of hydrogen-bond donors (Lipinski definition) is 0. The van der Waals surface area contributed by atoms with Gasteiger partial charge < -0.3 is 14.2 Å². The van der Waals surface area contributed by atoms with Gasteiger partial charge in [-0.2, -0.15) is 0 Å². The zero-order chi connectivity index (χ0) is 26.0. The number of nitrogens with zero attached hydrogens (tertiary/aromatic N) is 1. The van der Waals surface area contributed by atoms with Crippen molar-refractivity contribution in [1.82, 2.24) is 4.98 Å². The van der Waals surface area contributed by atoms with E-state index in [1.165, 1.54) is 12.1 Å². The van der Waals surface area contributed by atoms with E-state index in [0.29, 0.717) is 46.9 Å². The quantitative estimate of drug-likeness (QED) is 0.254. The van der Waals surface area contributed by atoms with Crippen LogP contribution in [-0.2, 0) is 22.4 Å². The third-order valence-corrected chi connectivity index (χ3v) is 6.82. The Morgan fingerprint density at radius 1 is 0.811 bits per heavy atom. The van der Waals surface area contributed by atoms with E-state index in [9.17, 15) is 14.0 Å². The normalized spacial score (nSPS) is 13.7. The Kier molecular flexibility index (Phi) is 6.61. The maximum absolute atomic E-state index is 13.2. The molecule has 0 unspecified atom stereocenters. The average molecular weight is 500 g/mol. The van der Waals surface area contributed by atoms with Crippen LogP contribution in [-0.4, -0.2) is 30.8 Å². The molecule has 0 saturated heterocycles. The smallest absolute Gasteiger partial charge is 0.162 e. The molecule has 1 aliphatic rings. The van der Waals surface area contributed by atoms with E-state index in [2.05, 4.69) is 4.98 Å². The third-order valence-electron chi connectivity index (χ3n) is 6.82. The Labute approximate surface area is 214 Å². The van der Waals surface area contributed by atoms with Crippen LogP contribution >= 0.6 is 0 Å². The highest BCUT2D eigenvalue weighted by atomic mass is 19.1. The lowest BCUT2D eigenvalue weighted by Gasteiger charge is -2.14. The number of rotatable bonds is 10. The molecule has 0 aliphatic heterocycles. The Bertz CT molecular complexity index is 1460. The largest absolute Gasteiger partial charge is 0.493 e. The lowest BCUT2D eigenvalue weighted by Crippen LogP contribution is -2.28. The number of ether oxygens (including phenoxy) is 3. The summed E-state index contributed by atoms with van der Waals surface area (Å²) >= 11 is 0. The molecule has 1 aliphatic carbocycles. The maximum Gasteiger partial charge on any atom is 0.162 e. The number of aromatic nitrogens is 1. The van der Waals surface area contributed by atoms with E-state index >= 15 is 0 Å². The van der Waals surface area contributed by atoms with Gasteiger partial charge in [-0.25, -0.2) is 4.39 Å². The van der Waals surface area contributed by atoms with Gasteiger partial charge in [0.15, 0.2) is 23.1 Å². The van der Waals surface area contributed by atoms with Crippen LogP contribution in [0.5, 0.6) is 23.0 Å². The second-order valence-corrected chi connectivity index (χ2v) is 9.19. The van der Waals surface area contributed by atoms with Crippen LogP contribution in [0.3, 0.4) is 0 Å². The number of ketones is 2. The molecule has 5 rings (SSSR count). The Balaban J connectivity index is 1.27. The minimum atomic E-state index is -0.917. The molecule has 188 valence electrons. The van der Waals surface area contributed by atoms with Crippen LogP contribution < -0.4 is 14.2 Å². The van der Waals surface area contributed by atoms with Crippen LogP contribution in [0.4, 0.5) is 4.39 Å². The second-order valence-electron chi connectivity index (χ2n) is 9.19. The fraction of sp³-hybridized carbons (Fsp3) is 0.233. The first kappa shape index (κ1) is 24.4. The molecule has 0 N–H and O–H groups in total. The van der Waals surface area contributed by atoms with E-state index in [0.717, 1.165) is 10.9 Å². The molecule has 7 heteroatoms. The number of methoxy groups -OCH3 is 2. The summed E-state index contributed by atoms with van der Waals surface area (Å²) in [4.78, 5) is 30.4. The van der Waals surface area contributed by atoms with E-state index in [4.69, 9.17) is 14.2 Å². The van der Waals surface area contributed by atoms with Crippen molar-refractivity contribution in [3.63, 3.8) is 0 Å². The number of benzene rings is 3. The molecule has 6 nitrogen and oxygen atoms in total. The van der Waals surface area contributed by atoms with Gasteiger partial charge in [-0.1, -0.05) is 24.3 Å². The topological polar surface area (TPSA) is 74.7 Å². The predicted octanol–water partition coefficient (Wildman–Crippen LogP) is 5.89. The van der Waals surface area contributed by atoms with Gasteiger partial charge in [0.25, 0.3) is 0 Å². The van der Waals surface area contributed by atoms with Gasteiger partial charge in [-0.3, -0.25) is 14.6 Å². The first-order valence-corrected chi connectivity index (χ1v) is 12.0. The van der Waals surface area contributed by atoms with Gasteiger partial charge in [-0.05, 0) is 60.4 Å². The fourth-order valence-corrected chi connectivity index (χ4v) is 4.49. The maximum atomic E-state index is 13.2. The highest BCUT2D eigenvalue weighted by molar-refractivity contribution is 6.10. The van der Waals surface area contributed by atoms with E-state index < -0.39 is 5.41 Å². The molecular weight excluding hydrogens is 473 g/mol. The minimum absolute atomic E-state index is 0.0746. The molecule has 0 amide bonds. The van der Waals surface area contributed by atoms with Gasteiger partial charge in [-0.15, -0.1) is 0 Å². The first-order chi connectivity index (χ1) is 17.9. The summed E-state index contributed by atoms with van der Waals surface area (Å²) in [7, 11) is 3.14. The summed E-state index contributed by atoms with van der Waals surface area (Å²) in [6, 6.07) is 18.5. The number of carbonyl (C=O) groups excluding carboxylic acids is 2. The van der Waals surface area contributed by atoms with Crippen LogP contribution in [0.1, 0.15) is 24.0 Å². The summed E-state index contributed by atoms with van der Waals surface area (Å²) in [5.41, 5.74) is 1.31. The molecule has 1 fully saturated rings. The monoisotopic (exact) mass is 499 g/mol. The van der Waals surface area contributed by atoms with Crippen LogP contribution in [0.2, 0.25) is 0 Å². The number of carbonyl (C=O) groups is 2. The molecule has 1 saturated carbocycles. The minimum Gasteiger partial charge on any atom is -0.493 e. The first-order valence-electron chi connectivity index (χ1n) is 12.0. The summed E-state index contributed by atoms with van der Waals surface area (Å²) in [5.74, 6) is 1.85. The van der Waals surface area contributed by atoms with Gasteiger partial charge in [0.05, 0.1) is 25.2 Å². The number of pyridine rings is 1. The zero-order valence-electron chi connectivity index (χ0n) is 20.6. The van der Waals surface area contributed by atoms with E-state index in [-0.39, 0.29) is 30.2 Å². The molecule has 37 heavy (non-hydrogen) atoms. The summed E-state index contributed by atoms with van der Waals surface area (Å²) < 4.78 is 30.0. The number of hydrogen-bond acceptors (Lipinski definition) is 6. The Morgan fingerprint density at radius 3 is 1.95 bits per heavy atom. The van der Waals surface area contributed by atoms with Crippen molar-refractivity contribution in [1.29, 1.82) is 0 Å². The van der Waals surface area contributed by atoms with E-state index in [1.54, 1.807) is 56.8 Å². The number of fused-ring (bicyclic) bond motifs is 1. The van der Waals surface area contributed by atoms with E-state index in [1.807, 2.05) is 18.2 Å². The number of halogens is 1. The van der Waals surface area contributed by atoms with Crippen molar-refractivity contribution in [2.24, 2.45) is 5.41 Å². The van der Waals surface area contributed by atoms with Crippen molar-refractivity contribution in [3.05, 3.63) is 89.9 Å². The SMILES string of the molecule is COc1cc2nccc(Oc3ccc(CC(=O)C4(C(=O)Cc5ccc(F)cc5)CC4)cc3)c2cc1OC. The highest BCUT2D eigenvalue weighted by Gasteiger charge is 2.54. The fourth-order valence-electron chi connectivity index (χ4n) is 4.49. The lowest BCUT2D eigenvalue weighted by molar-refractivity contribution is -0.133. The van der Waals surface area contributed by atoms with Crippen LogP contribution in [0.25, 0.3) is 10.9 Å². The molecule has 0 atom stereocenters. The van der Waals surface area contributed by atoms with Crippen LogP contribution in [0, 0.1) is 11.2 Å². The predicted molar refractivity (Wildman–Crippen MR) is 137 cm³/mol. The van der Waals surface area contributed by atoms with Crippen molar-refractivity contribution in [2.45, 2.75) is 25.7 Å². The molecule has 3 aromatic carbocycles. The molecule has 4 aromatic rings. The zero-order valence-corrected chi connectivity index (χ0v) is 20.6. The van der Waals surface area contributed by atoms with Crippen molar-refractivity contribution in [3.8, 4) is 23.0 Å². The Morgan fingerprint density at radius 2 is 1.38 bits per heavy atom. The van der Waals surface area contributed by atoms with Gasteiger partial charge in [0.2, 0.25) is 0 Å². The van der Waals surface area contributed by atoms with Crippen LogP contribution in [0.15, 0.2) is 72.9 Å². The molecule has 0 spiro atoms. The molecule has 1 aromatic heterocycles. The summed E-state index contributed by atoms with van der Waals surface area (Å²) in [6.07, 6.45) is 3.10. The van der Waals surface area contributed by atoms with Crippen molar-refractivity contribution >= 4 is 22.5 Å². The highest BCUT2D eigenvalue weighted by Crippen LogP contribution is 2.49. The lowest BCUT2D eigenvalue weighted by atomic mass is 9.88. The second kappa shape index (κ2) is 10.0. The van der Waals surface area contributed by atoms with Crippen molar-refractivity contribution in [2.75, 3.05) is 14.2 Å². The number of Topliss-reactive ketones (excluding diaryl/α,β-unsaturated/α-hetero) is 2. The summed E-state index contributed by atoms with van der Waals surface area (Å²) in [5, 5.41) is 0.773. The molecule has 0 radical (unpaired) electrons. The van der Waals surface area contributed by atoms with Crippen molar-refractivity contribution < 1.29 is 28.2 Å². The molecular formula is C30H26FNO5.